The third kappa shape index (κ3) is 1.92. The molecule has 0 aliphatic heterocycles. The Kier molecular flexibility index (Phi) is 2.56. The van der Waals surface area contributed by atoms with Crippen molar-refractivity contribution in [1.29, 1.82) is 0 Å². The minimum Gasteiger partial charge on any atom is -0.445 e. The Morgan fingerprint density at radius 3 is 2.73 bits per heavy atom. The van der Waals surface area contributed by atoms with Gasteiger partial charge in [-0.2, -0.15) is 0 Å². The van der Waals surface area contributed by atoms with E-state index in [1.165, 1.54) is 6.39 Å². The number of hydrogen-bond acceptors (Lipinski definition) is 3. The van der Waals surface area contributed by atoms with E-state index in [0.717, 1.165) is 16.8 Å². The van der Waals surface area contributed by atoms with Crippen molar-refractivity contribution in [3.05, 3.63) is 53.2 Å². The van der Waals surface area contributed by atoms with Gasteiger partial charge in [0.15, 0.2) is 12.2 Å². The average molecular weight is 203 g/mol. The average Bonchev–Trinajstić information content (AvgIpc) is 2.63. The standard InChI is InChI=1S/C12H13NO2/c1-8-4-3-5-10(6-8)11(14)12-9(2)13-7-15-12/h3-7,11,14H,1-2H3. The number of oxazole rings is 1. The molecule has 78 valence electrons. The molecule has 0 aliphatic carbocycles. The summed E-state index contributed by atoms with van der Waals surface area (Å²) in [6.45, 7) is 3.81. The smallest absolute Gasteiger partial charge is 0.181 e. The van der Waals surface area contributed by atoms with Crippen molar-refractivity contribution in [2.24, 2.45) is 0 Å². The van der Waals surface area contributed by atoms with Crippen LogP contribution in [0.15, 0.2) is 35.1 Å². The quantitative estimate of drug-likeness (QED) is 0.815. The lowest BCUT2D eigenvalue weighted by Gasteiger charge is -2.09. The molecule has 0 bridgehead atoms. The Bertz CT molecular complexity index is 462. The van der Waals surface area contributed by atoms with E-state index in [-0.39, 0.29) is 0 Å². The van der Waals surface area contributed by atoms with Crippen molar-refractivity contribution >= 4 is 0 Å². The fourth-order valence-corrected chi connectivity index (χ4v) is 1.56. The number of rotatable bonds is 2. The Hall–Kier alpha value is -1.61. The van der Waals surface area contributed by atoms with Crippen LogP contribution in [0, 0.1) is 13.8 Å². The van der Waals surface area contributed by atoms with E-state index in [2.05, 4.69) is 4.98 Å². The lowest BCUT2D eigenvalue weighted by Crippen LogP contribution is -2.00. The van der Waals surface area contributed by atoms with Crippen molar-refractivity contribution in [2.45, 2.75) is 20.0 Å². The maximum atomic E-state index is 10.1. The first-order valence-corrected chi connectivity index (χ1v) is 4.83. The lowest BCUT2D eigenvalue weighted by atomic mass is 10.0. The summed E-state index contributed by atoms with van der Waals surface area (Å²) >= 11 is 0. The highest BCUT2D eigenvalue weighted by Crippen LogP contribution is 2.24. The lowest BCUT2D eigenvalue weighted by molar-refractivity contribution is 0.188. The summed E-state index contributed by atoms with van der Waals surface area (Å²) in [5.41, 5.74) is 2.67. The molecule has 2 aromatic rings. The normalized spacial score (nSPS) is 12.7. The molecule has 2 rings (SSSR count). The maximum Gasteiger partial charge on any atom is 0.181 e. The zero-order valence-corrected chi connectivity index (χ0v) is 8.77. The summed E-state index contributed by atoms with van der Waals surface area (Å²) in [5, 5.41) is 10.1. The van der Waals surface area contributed by atoms with Crippen LogP contribution in [0.25, 0.3) is 0 Å². The van der Waals surface area contributed by atoms with Crippen LogP contribution in [0.2, 0.25) is 0 Å². The molecule has 1 N–H and O–H groups in total. The van der Waals surface area contributed by atoms with E-state index in [9.17, 15) is 5.11 Å². The molecule has 0 fully saturated rings. The number of hydrogen-bond donors (Lipinski definition) is 1. The van der Waals surface area contributed by atoms with Crippen LogP contribution in [-0.4, -0.2) is 10.1 Å². The summed E-state index contributed by atoms with van der Waals surface area (Å²) in [6, 6.07) is 7.72. The Labute approximate surface area is 88.4 Å². The van der Waals surface area contributed by atoms with Gasteiger partial charge in [0.05, 0.1) is 5.69 Å². The van der Waals surface area contributed by atoms with Crippen molar-refractivity contribution in [2.75, 3.05) is 0 Å². The molecule has 15 heavy (non-hydrogen) atoms. The minimum absolute atomic E-state index is 0.514. The topological polar surface area (TPSA) is 46.3 Å². The number of aromatic nitrogens is 1. The monoisotopic (exact) mass is 203 g/mol. The largest absolute Gasteiger partial charge is 0.445 e. The molecule has 1 atom stereocenters. The second-order valence-electron chi connectivity index (χ2n) is 3.62. The van der Waals surface area contributed by atoms with Crippen molar-refractivity contribution < 1.29 is 9.52 Å². The van der Waals surface area contributed by atoms with Gasteiger partial charge in [0.1, 0.15) is 6.10 Å². The van der Waals surface area contributed by atoms with Gasteiger partial charge >= 0.3 is 0 Å². The molecule has 1 unspecified atom stereocenters. The second-order valence-corrected chi connectivity index (χ2v) is 3.62. The first-order chi connectivity index (χ1) is 7.18. The zero-order valence-electron chi connectivity index (χ0n) is 8.77. The first-order valence-electron chi connectivity index (χ1n) is 4.83. The third-order valence-corrected chi connectivity index (χ3v) is 2.39. The number of aliphatic hydroxyl groups excluding tert-OH is 1. The molecule has 0 radical (unpaired) electrons. The van der Waals surface area contributed by atoms with Gasteiger partial charge in [-0.3, -0.25) is 0 Å². The highest BCUT2D eigenvalue weighted by Gasteiger charge is 2.16. The molecular formula is C12H13NO2. The Morgan fingerprint density at radius 1 is 1.33 bits per heavy atom. The number of nitrogens with zero attached hydrogens (tertiary/aromatic N) is 1. The van der Waals surface area contributed by atoms with Gasteiger partial charge in [-0.05, 0) is 19.4 Å². The van der Waals surface area contributed by atoms with Gasteiger partial charge in [0.25, 0.3) is 0 Å². The highest BCUT2D eigenvalue weighted by molar-refractivity contribution is 5.29. The van der Waals surface area contributed by atoms with Gasteiger partial charge in [-0.15, -0.1) is 0 Å². The predicted molar refractivity (Wildman–Crippen MR) is 56.5 cm³/mol. The van der Waals surface area contributed by atoms with E-state index in [1.54, 1.807) is 0 Å². The van der Waals surface area contributed by atoms with E-state index in [4.69, 9.17) is 4.42 Å². The highest BCUT2D eigenvalue weighted by atomic mass is 16.4. The summed E-state index contributed by atoms with van der Waals surface area (Å²) in [5.74, 6) is 0.514. The molecule has 0 saturated heterocycles. The van der Waals surface area contributed by atoms with Gasteiger partial charge in [0, 0.05) is 0 Å². The van der Waals surface area contributed by atoms with Crippen LogP contribution in [0.3, 0.4) is 0 Å². The summed E-state index contributed by atoms with van der Waals surface area (Å²) in [7, 11) is 0. The Balaban J connectivity index is 2.36. The van der Waals surface area contributed by atoms with Crippen LogP contribution >= 0.6 is 0 Å². The van der Waals surface area contributed by atoms with E-state index >= 15 is 0 Å². The third-order valence-electron chi connectivity index (χ3n) is 2.39. The molecule has 0 saturated carbocycles. The number of aryl methyl sites for hydroxylation is 2. The van der Waals surface area contributed by atoms with Crippen molar-refractivity contribution in [1.82, 2.24) is 4.98 Å². The van der Waals surface area contributed by atoms with E-state index < -0.39 is 6.10 Å². The summed E-state index contributed by atoms with van der Waals surface area (Å²) in [6.07, 6.45) is 0.622. The van der Waals surface area contributed by atoms with Gasteiger partial charge in [-0.25, -0.2) is 4.98 Å². The second kappa shape index (κ2) is 3.87. The van der Waals surface area contributed by atoms with Crippen LogP contribution in [0.1, 0.15) is 28.7 Å². The van der Waals surface area contributed by atoms with Gasteiger partial charge < -0.3 is 9.52 Å². The maximum absolute atomic E-state index is 10.1. The SMILES string of the molecule is Cc1cccc(C(O)c2ocnc2C)c1. The van der Waals surface area contributed by atoms with Crippen LogP contribution < -0.4 is 0 Å². The van der Waals surface area contributed by atoms with Crippen LogP contribution in [0.5, 0.6) is 0 Å². The van der Waals surface area contributed by atoms with Gasteiger partial charge in [0.2, 0.25) is 0 Å². The van der Waals surface area contributed by atoms with Crippen LogP contribution in [-0.2, 0) is 0 Å². The van der Waals surface area contributed by atoms with Crippen LogP contribution in [0.4, 0.5) is 0 Å². The first kappa shape index (κ1) is 9.93. The fraction of sp³-hybridized carbons (Fsp3) is 0.250. The number of benzene rings is 1. The molecular weight excluding hydrogens is 190 g/mol. The van der Waals surface area contributed by atoms with E-state index in [0.29, 0.717) is 5.76 Å². The molecule has 3 heteroatoms. The van der Waals surface area contributed by atoms with E-state index in [1.807, 2.05) is 38.1 Å². The van der Waals surface area contributed by atoms with Gasteiger partial charge in [-0.1, -0.05) is 29.8 Å². The number of aliphatic hydroxyl groups is 1. The molecule has 3 nitrogen and oxygen atoms in total. The Morgan fingerprint density at radius 2 is 2.13 bits per heavy atom. The summed E-state index contributed by atoms with van der Waals surface area (Å²) < 4.78 is 5.16. The predicted octanol–water partition coefficient (Wildman–Crippen LogP) is 2.37. The molecule has 0 amide bonds. The molecule has 1 aromatic carbocycles. The van der Waals surface area contributed by atoms with Crippen molar-refractivity contribution in [3.8, 4) is 0 Å². The fourth-order valence-electron chi connectivity index (χ4n) is 1.56. The zero-order chi connectivity index (χ0) is 10.8. The molecule has 0 spiro atoms. The summed E-state index contributed by atoms with van der Waals surface area (Å²) in [4.78, 5) is 3.96. The molecule has 1 aromatic heterocycles. The molecule has 0 aliphatic rings. The minimum atomic E-state index is -0.729. The van der Waals surface area contributed by atoms with Crippen molar-refractivity contribution in [3.63, 3.8) is 0 Å². The molecule has 1 heterocycles.